The van der Waals surface area contributed by atoms with Crippen LogP contribution in [-0.2, 0) is 20.6 Å². The minimum atomic E-state index is 0.0520. The maximum absolute atomic E-state index is 12.1. The van der Waals surface area contributed by atoms with E-state index < -0.39 is 0 Å². The number of aromatic nitrogens is 2. The lowest BCUT2D eigenvalue weighted by Crippen LogP contribution is -2.54. The van der Waals surface area contributed by atoms with Crippen LogP contribution >= 0.6 is 0 Å². The van der Waals surface area contributed by atoms with Gasteiger partial charge in [-0.3, -0.25) is 9.13 Å². The highest BCUT2D eigenvalue weighted by Gasteiger charge is 2.47. The third-order valence-electron chi connectivity index (χ3n) is 7.11. The first kappa shape index (κ1) is 14.8. The van der Waals surface area contributed by atoms with Gasteiger partial charge in [-0.25, -0.2) is 4.79 Å². The molecule has 1 heterocycles. The van der Waals surface area contributed by atoms with Crippen LogP contribution in [0.25, 0.3) is 11.0 Å². The molecule has 4 fully saturated rings. The molecule has 0 amide bonds. The van der Waals surface area contributed by atoms with Crippen LogP contribution in [0.3, 0.4) is 0 Å². The third-order valence-corrected chi connectivity index (χ3v) is 7.11. The van der Waals surface area contributed by atoms with Crippen molar-refractivity contribution in [3.8, 4) is 0 Å². The summed E-state index contributed by atoms with van der Waals surface area (Å²) in [5.74, 6) is 3.87. The first-order valence-corrected chi connectivity index (χ1v) is 9.48. The van der Waals surface area contributed by atoms with E-state index in [0.29, 0.717) is 6.04 Å². The molecule has 0 radical (unpaired) electrons. The summed E-state index contributed by atoms with van der Waals surface area (Å²) in [5, 5.41) is 3.89. The summed E-state index contributed by atoms with van der Waals surface area (Å²) in [6, 6.07) is 7.16. The SMILES string of the molecule is Cn1c(=O)n(C)c2cc(CNC3C4CC5CC(C4)CC3C5)ccc21. The summed E-state index contributed by atoms with van der Waals surface area (Å²) in [4.78, 5) is 12.1. The molecule has 1 aromatic carbocycles. The van der Waals surface area contributed by atoms with Crippen LogP contribution in [0.15, 0.2) is 23.0 Å². The summed E-state index contributed by atoms with van der Waals surface area (Å²) in [5.41, 5.74) is 3.39. The molecule has 0 spiro atoms. The van der Waals surface area contributed by atoms with Crippen molar-refractivity contribution in [3.63, 3.8) is 0 Å². The van der Waals surface area contributed by atoms with E-state index in [1.165, 1.54) is 37.7 Å². The molecule has 4 bridgehead atoms. The summed E-state index contributed by atoms with van der Waals surface area (Å²) >= 11 is 0. The first-order valence-electron chi connectivity index (χ1n) is 9.48. The number of hydrogen-bond donors (Lipinski definition) is 1. The number of benzene rings is 1. The maximum Gasteiger partial charge on any atom is 0.328 e. The Bertz CT molecular complexity index is 818. The predicted octanol–water partition coefficient (Wildman–Crippen LogP) is 2.79. The first-order chi connectivity index (χ1) is 11.6. The van der Waals surface area contributed by atoms with Crippen molar-refractivity contribution in [2.75, 3.05) is 0 Å². The zero-order valence-corrected chi connectivity index (χ0v) is 14.7. The van der Waals surface area contributed by atoms with Crippen molar-refractivity contribution >= 4 is 11.0 Å². The van der Waals surface area contributed by atoms with Crippen LogP contribution in [0.2, 0.25) is 0 Å². The minimum Gasteiger partial charge on any atom is -0.309 e. The van der Waals surface area contributed by atoms with Crippen LogP contribution in [0, 0.1) is 23.7 Å². The molecule has 6 rings (SSSR count). The van der Waals surface area contributed by atoms with Crippen molar-refractivity contribution in [2.24, 2.45) is 37.8 Å². The lowest BCUT2D eigenvalue weighted by molar-refractivity contribution is -0.0142. The Labute approximate surface area is 142 Å². The Hall–Kier alpha value is -1.55. The lowest BCUT2D eigenvalue weighted by atomic mass is 9.54. The second-order valence-electron chi connectivity index (χ2n) is 8.56. The lowest BCUT2D eigenvalue weighted by Gasteiger charge is -2.54. The van der Waals surface area contributed by atoms with E-state index in [9.17, 15) is 4.79 Å². The Balaban J connectivity index is 1.36. The van der Waals surface area contributed by atoms with Crippen molar-refractivity contribution in [3.05, 3.63) is 34.2 Å². The molecule has 0 unspecified atom stereocenters. The van der Waals surface area contributed by atoms with Crippen LogP contribution in [0.1, 0.15) is 37.7 Å². The van der Waals surface area contributed by atoms with Gasteiger partial charge in [-0.15, -0.1) is 0 Å². The zero-order chi connectivity index (χ0) is 16.4. The van der Waals surface area contributed by atoms with Gasteiger partial charge < -0.3 is 5.32 Å². The molecular formula is C20H27N3O. The van der Waals surface area contributed by atoms with Crippen LogP contribution in [0.5, 0.6) is 0 Å². The summed E-state index contributed by atoms with van der Waals surface area (Å²) < 4.78 is 3.48. The van der Waals surface area contributed by atoms with E-state index >= 15 is 0 Å². The molecular weight excluding hydrogens is 298 g/mol. The molecule has 4 aliphatic carbocycles. The zero-order valence-electron chi connectivity index (χ0n) is 14.7. The largest absolute Gasteiger partial charge is 0.328 e. The number of imidazole rings is 1. The van der Waals surface area contributed by atoms with Gasteiger partial charge in [0, 0.05) is 26.7 Å². The highest BCUT2D eigenvalue weighted by atomic mass is 16.1. The fourth-order valence-corrected chi connectivity index (χ4v) is 6.16. The summed E-state index contributed by atoms with van der Waals surface area (Å²) in [7, 11) is 3.71. The van der Waals surface area contributed by atoms with Crippen molar-refractivity contribution in [1.29, 1.82) is 0 Å². The number of fused-ring (bicyclic) bond motifs is 1. The van der Waals surface area contributed by atoms with Crippen LogP contribution < -0.4 is 11.0 Å². The van der Waals surface area contributed by atoms with E-state index in [0.717, 1.165) is 41.2 Å². The normalized spacial score (nSPS) is 34.3. The summed E-state index contributed by atoms with van der Waals surface area (Å²) in [6.45, 7) is 0.923. The van der Waals surface area contributed by atoms with Gasteiger partial charge in [-0.1, -0.05) is 6.07 Å². The van der Waals surface area contributed by atoms with E-state index in [1.54, 1.807) is 9.13 Å². The fourth-order valence-electron chi connectivity index (χ4n) is 6.16. The smallest absolute Gasteiger partial charge is 0.309 e. The molecule has 128 valence electrons. The molecule has 1 aromatic heterocycles. The molecule has 0 atom stereocenters. The molecule has 1 N–H and O–H groups in total. The van der Waals surface area contributed by atoms with Crippen LogP contribution in [0.4, 0.5) is 0 Å². The molecule has 4 nitrogen and oxygen atoms in total. The van der Waals surface area contributed by atoms with Gasteiger partial charge in [0.15, 0.2) is 0 Å². The van der Waals surface area contributed by atoms with Gasteiger partial charge in [-0.2, -0.15) is 0 Å². The number of nitrogens with one attached hydrogen (secondary N) is 1. The molecule has 4 saturated carbocycles. The number of rotatable bonds is 3. The minimum absolute atomic E-state index is 0.0520. The molecule has 0 aliphatic heterocycles. The van der Waals surface area contributed by atoms with Gasteiger partial charge in [0.2, 0.25) is 0 Å². The Morgan fingerprint density at radius 3 is 2.25 bits per heavy atom. The molecule has 0 saturated heterocycles. The molecule has 2 aromatic rings. The Morgan fingerprint density at radius 2 is 1.58 bits per heavy atom. The molecule has 4 aliphatic rings. The average molecular weight is 325 g/mol. The quantitative estimate of drug-likeness (QED) is 0.942. The second-order valence-corrected chi connectivity index (χ2v) is 8.56. The fraction of sp³-hybridized carbons (Fsp3) is 0.650. The van der Waals surface area contributed by atoms with E-state index in [4.69, 9.17) is 0 Å². The Kier molecular flexibility index (Phi) is 3.21. The number of nitrogens with zero attached hydrogens (tertiary/aromatic N) is 2. The van der Waals surface area contributed by atoms with Crippen LogP contribution in [-0.4, -0.2) is 15.2 Å². The highest BCUT2D eigenvalue weighted by molar-refractivity contribution is 5.76. The Morgan fingerprint density at radius 1 is 0.958 bits per heavy atom. The van der Waals surface area contributed by atoms with E-state index in [-0.39, 0.29) is 5.69 Å². The van der Waals surface area contributed by atoms with Gasteiger partial charge in [0.05, 0.1) is 11.0 Å². The monoisotopic (exact) mass is 325 g/mol. The standard InChI is InChI=1S/C20H27N3O/c1-22-17-4-3-12(10-18(17)23(2)20(22)24)11-21-19-15-6-13-5-14(8-15)9-16(19)7-13/h3-4,10,13-16,19,21H,5-9,11H2,1-2H3. The predicted molar refractivity (Wildman–Crippen MR) is 95.8 cm³/mol. The molecule has 24 heavy (non-hydrogen) atoms. The molecule has 4 heteroatoms. The van der Waals surface area contributed by atoms with E-state index in [1.807, 2.05) is 14.1 Å². The van der Waals surface area contributed by atoms with Crippen molar-refractivity contribution in [2.45, 2.75) is 44.7 Å². The van der Waals surface area contributed by atoms with Crippen molar-refractivity contribution < 1.29 is 0 Å². The second kappa shape index (κ2) is 5.22. The van der Waals surface area contributed by atoms with Gasteiger partial charge >= 0.3 is 5.69 Å². The van der Waals surface area contributed by atoms with Gasteiger partial charge in [0.1, 0.15) is 0 Å². The van der Waals surface area contributed by atoms with Crippen molar-refractivity contribution in [1.82, 2.24) is 14.5 Å². The van der Waals surface area contributed by atoms with Gasteiger partial charge in [-0.05, 0) is 73.5 Å². The highest BCUT2D eigenvalue weighted by Crippen LogP contribution is 2.53. The topological polar surface area (TPSA) is 39.0 Å². The number of aryl methyl sites for hydroxylation is 2. The third kappa shape index (κ3) is 2.12. The van der Waals surface area contributed by atoms with Gasteiger partial charge in [0.25, 0.3) is 0 Å². The average Bonchev–Trinajstić information content (AvgIpc) is 2.78. The maximum atomic E-state index is 12.1. The summed E-state index contributed by atoms with van der Waals surface area (Å²) in [6.07, 6.45) is 7.33. The van der Waals surface area contributed by atoms with E-state index in [2.05, 4.69) is 23.5 Å². The number of hydrogen-bond acceptors (Lipinski definition) is 2.